The third-order valence-corrected chi connectivity index (χ3v) is 6.13. The van der Waals surface area contributed by atoms with Gasteiger partial charge in [0.15, 0.2) is 0 Å². The first-order chi connectivity index (χ1) is 12.0. The molecule has 25 heavy (non-hydrogen) atoms. The van der Waals surface area contributed by atoms with Crippen molar-refractivity contribution in [3.05, 3.63) is 33.8 Å². The van der Waals surface area contributed by atoms with Crippen LogP contribution in [0.4, 0.5) is 4.79 Å². The lowest BCUT2D eigenvalue weighted by Crippen LogP contribution is -2.55. The Morgan fingerprint density at radius 1 is 1.32 bits per heavy atom. The summed E-state index contributed by atoms with van der Waals surface area (Å²) < 4.78 is 0. The summed E-state index contributed by atoms with van der Waals surface area (Å²) in [5, 5.41) is 4.16. The summed E-state index contributed by atoms with van der Waals surface area (Å²) in [6.07, 6.45) is 6.09. The molecule has 2 unspecified atom stereocenters. The Balaban J connectivity index is 1.72. The van der Waals surface area contributed by atoms with Gasteiger partial charge in [0, 0.05) is 6.54 Å². The molecular formula is C19H27Cl2N3O. The van der Waals surface area contributed by atoms with E-state index >= 15 is 0 Å². The van der Waals surface area contributed by atoms with Crippen LogP contribution in [0.15, 0.2) is 18.2 Å². The molecule has 1 heterocycles. The van der Waals surface area contributed by atoms with Crippen LogP contribution in [-0.4, -0.2) is 42.1 Å². The fourth-order valence-electron chi connectivity index (χ4n) is 3.57. The summed E-state index contributed by atoms with van der Waals surface area (Å²) in [7, 11) is 2.12. The molecule has 1 aromatic rings. The van der Waals surface area contributed by atoms with Crippen LogP contribution in [-0.2, 0) is 0 Å². The first-order valence-corrected chi connectivity index (χ1v) is 9.94. The van der Waals surface area contributed by atoms with E-state index in [1.165, 1.54) is 25.7 Å². The van der Waals surface area contributed by atoms with Gasteiger partial charge < -0.3 is 10.2 Å². The second-order valence-electron chi connectivity index (χ2n) is 7.37. The van der Waals surface area contributed by atoms with Crippen LogP contribution in [0.3, 0.4) is 0 Å². The van der Waals surface area contributed by atoms with Crippen LogP contribution in [0.2, 0.25) is 10.0 Å². The van der Waals surface area contributed by atoms with Gasteiger partial charge >= 0.3 is 6.03 Å². The van der Waals surface area contributed by atoms with Gasteiger partial charge in [0.25, 0.3) is 0 Å². The molecule has 138 valence electrons. The zero-order chi connectivity index (χ0) is 18.0. The number of hydrogen-bond acceptors (Lipinski definition) is 2. The SMILES string of the molecule is CC(NC(=O)N(CC1CC1)C1CCCCN1C)c1cccc(Cl)c1Cl. The van der Waals surface area contributed by atoms with E-state index in [2.05, 4.69) is 17.3 Å². The van der Waals surface area contributed by atoms with E-state index in [1.54, 1.807) is 6.07 Å². The number of carbonyl (C=O) groups excluding carboxylic acids is 1. The zero-order valence-corrected chi connectivity index (χ0v) is 16.5. The number of carbonyl (C=O) groups is 1. The van der Waals surface area contributed by atoms with E-state index in [9.17, 15) is 4.79 Å². The minimum absolute atomic E-state index is 0.00538. The molecule has 0 bridgehead atoms. The second kappa shape index (κ2) is 8.15. The summed E-state index contributed by atoms with van der Waals surface area (Å²) in [5.41, 5.74) is 0.853. The van der Waals surface area contributed by atoms with Crippen molar-refractivity contribution in [3.63, 3.8) is 0 Å². The molecule has 3 rings (SSSR count). The molecule has 2 aliphatic rings. The third-order valence-electron chi connectivity index (χ3n) is 5.29. The molecule has 2 amide bonds. The first kappa shape index (κ1) is 18.8. The van der Waals surface area contributed by atoms with Gasteiger partial charge in [-0.15, -0.1) is 0 Å². The quantitative estimate of drug-likeness (QED) is 0.782. The largest absolute Gasteiger partial charge is 0.331 e. The lowest BCUT2D eigenvalue weighted by Gasteiger charge is -2.41. The van der Waals surface area contributed by atoms with Crippen molar-refractivity contribution in [2.45, 2.75) is 51.2 Å². The summed E-state index contributed by atoms with van der Waals surface area (Å²) in [5.74, 6) is 0.658. The highest BCUT2D eigenvalue weighted by Gasteiger charge is 2.34. The van der Waals surface area contributed by atoms with E-state index in [-0.39, 0.29) is 18.2 Å². The minimum atomic E-state index is -0.186. The van der Waals surface area contributed by atoms with Gasteiger partial charge in [0.2, 0.25) is 0 Å². The molecular weight excluding hydrogens is 357 g/mol. The van der Waals surface area contributed by atoms with E-state index in [0.717, 1.165) is 25.1 Å². The van der Waals surface area contributed by atoms with Gasteiger partial charge in [-0.1, -0.05) is 35.3 Å². The van der Waals surface area contributed by atoms with Crippen molar-refractivity contribution >= 4 is 29.2 Å². The molecule has 1 saturated heterocycles. The molecule has 0 aromatic heterocycles. The van der Waals surface area contributed by atoms with E-state index in [0.29, 0.717) is 16.0 Å². The Bertz CT molecular complexity index is 621. The first-order valence-electron chi connectivity index (χ1n) is 9.18. The normalized spacial score (nSPS) is 22.5. The summed E-state index contributed by atoms with van der Waals surface area (Å²) in [6, 6.07) is 5.35. The highest BCUT2D eigenvalue weighted by molar-refractivity contribution is 6.42. The Morgan fingerprint density at radius 2 is 2.08 bits per heavy atom. The number of nitrogens with one attached hydrogen (secondary N) is 1. The third kappa shape index (κ3) is 4.60. The number of likely N-dealkylation sites (tertiary alicyclic amines) is 1. The number of piperidine rings is 1. The molecule has 0 radical (unpaired) electrons. The topological polar surface area (TPSA) is 35.6 Å². The molecule has 1 aliphatic heterocycles. The number of amides is 2. The van der Waals surface area contributed by atoms with Crippen molar-refractivity contribution < 1.29 is 4.79 Å². The molecule has 4 nitrogen and oxygen atoms in total. The summed E-state index contributed by atoms with van der Waals surface area (Å²) in [4.78, 5) is 17.4. The van der Waals surface area contributed by atoms with Gasteiger partial charge in [-0.25, -0.2) is 4.79 Å². The Kier molecular flexibility index (Phi) is 6.13. The molecule has 2 atom stereocenters. The highest BCUT2D eigenvalue weighted by atomic mass is 35.5. The van der Waals surface area contributed by atoms with Crippen LogP contribution in [0.25, 0.3) is 0 Å². The van der Waals surface area contributed by atoms with Crippen molar-refractivity contribution in [3.8, 4) is 0 Å². The predicted molar refractivity (Wildman–Crippen MR) is 103 cm³/mol. The van der Waals surface area contributed by atoms with Crippen LogP contribution in [0.5, 0.6) is 0 Å². The number of urea groups is 1. The van der Waals surface area contributed by atoms with Gasteiger partial charge in [-0.05, 0) is 70.2 Å². The fraction of sp³-hybridized carbons (Fsp3) is 0.632. The molecule has 1 aliphatic carbocycles. The van der Waals surface area contributed by atoms with Gasteiger partial charge in [0.1, 0.15) is 0 Å². The van der Waals surface area contributed by atoms with E-state index < -0.39 is 0 Å². The summed E-state index contributed by atoms with van der Waals surface area (Å²) >= 11 is 12.4. The smallest absolute Gasteiger partial charge is 0.319 e. The van der Waals surface area contributed by atoms with E-state index in [4.69, 9.17) is 23.2 Å². The maximum atomic E-state index is 13.0. The molecule has 0 spiro atoms. The standard InChI is InChI=1S/C19H27Cl2N3O/c1-13(15-6-5-7-16(20)18(15)21)22-19(25)24(12-14-9-10-14)17-8-3-4-11-23(17)2/h5-7,13-14,17H,3-4,8-12H2,1-2H3,(H,22,25). The minimum Gasteiger partial charge on any atom is -0.331 e. The van der Waals surface area contributed by atoms with Crippen molar-refractivity contribution in [1.82, 2.24) is 15.1 Å². The molecule has 2 fully saturated rings. The molecule has 1 aromatic carbocycles. The lowest BCUT2D eigenvalue weighted by atomic mass is 10.1. The second-order valence-corrected chi connectivity index (χ2v) is 8.15. The highest BCUT2D eigenvalue weighted by Crippen LogP contribution is 2.33. The Hall–Kier alpha value is -0.970. The lowest BCUT2D eigenvalue weighted by molar-refractivity contribution is 0.0516. The average molecular weight is 384 g/mol. The van der Waals surface area contributed by atoms with Crippen molar-refractivity contribution in [2.24, 2.45) is 5.92 Å². The van der Waals surface area contributed by atoms with Gasteiger partial charge in [-0.3, -0.25) is 4.90 Å². The van der Waals surface area contributed by atoms with Crippen molar-refractivity contribution in [1.29, 1.82) is 0 Å². The average Bonchev–Trinajstić information content (AvgIpc) is 3.40. The maximum absolute atomic E-state index is 13.0. The number of halogens is 2. The van der Waals surface area contributed by atoms with Crippen LogP contribution < -0.4 is 5.32 Å². The number of benzene rings is 1. The van der Waals surface area contributed by atoms with Crippen molar-refractivity contribution in [2.75, 3.05) is 20.1 Å². The Labute approximate surface area is 160 Å². The number of hydrogen-bond donors (Lipinski definition) is 1. The molecule has 6 heteroatoms. The van der Waals surface area contributed by atoms with Gasteiger partial charge in [-0.2, -0.15) is 0 Å². The fourth-order valence-corrected chi connectivity index (χ4v) is 4.04. The van der Waals surface area contributed by atoms with E-state index in [1.807, 2.05) is 24.0 Å². The van der Waals surface area contributed by atoms with Crippen LogP contribution in [0.1, 0.15) is 50.6 Å². The number of rotatable bonds is 5. The van der Waals surface area contributed by atoms with Crippen LogP contribution >= 0.6 is 23.2 Å². The van der Waals surface area contributed by atoms with Crippen LogP contribution in [0, 0.1) is 5.92 Å². The number of nitrogens with zero attached hydrogens (tertiary/aromatic N) is 2. The molecule has 1 N–H and O–H groups in total. The summed E-state index contributed by atoms with van der Waals surface area (Å²) in [6.45, 7) is 3.85. The Morgan fingerprint density at radius 3 is 2.76 bits per heavy atom. The predicted octanol–water partition coefficient (Wildman–Crippen LogP) is 4.92. The zero-order valence-electron chi connectivity index (χ0n) is 15.0. The van der Waals surface area contributed by atoms with Gasteiger partial charge in [0.05, 0.1) is 22.3 Å². The maximum Gasteiger partial charge on any atom is 0.319 e. The molecule has 1 saturated carbocycles. The monoisotopic (exact) mass is 383 g/mol.